The molecule has 120 valence electrons. The van der Waals surface area contributed by atoms with Gasteiger partial charge in [-0.1, -0.05) is 11.6 Å². The lowest BCUT2D eigenvalue weighted by molar-refractivity contribution is 0.162. The first kappa shape index (κ1) is 16.5. The molecule has 0 saturated carbocycles. The summed E-state index contributed by atoms with van der Waals surface area (Å²) in [5, 5.41) is 18.1. The van der Waals surface area contributed by atoms with Crippen LogP contribution in [0.15, 0.2) is 36.7 Å². The molecule has 0 bridgehead atoms. The van der Waals surface area contributed by atoms with Crippen molar-refractivity contribution in [2.24, 2.45) is 0 Å². The van der Waals surface area contributed by atoms with Gasteiger partial charge in [-0.25, -0.2) is 0 Å². The summed E-state index contributed by atoms with van der Waals surface area (Å²) in [4.78, 5) is 0. The van der Waals surface area contributed by atoms with Gasteiger partial charge in [-0.2, -0.15) is 5.10 Å². The van der Waals surface area contributed by atoms with E-state index in [2.05, 4.69) is 24.3 Å². The number of methoxy groups -OCH3 is 1. The Morgan fingerprint density at radius 1 is 1.36 bits per heavy atom. The van der Waals surface area contributed by atoms with Crippen LogP contribution in [0, 0.1) is 6.92 Å². The zero-order valence-corrected chi connectivity index (χ0v) is 13.7. The van der Waals surface area contributed by atoms with E-state index in [0.29, 0.717) is 12.3 Å². The van der Waals surface area contributed by atoms with Gasteiger partial charge in [0.05, 0.1) is 19.3 Å². The van der Waals surface area contributed by atoms with Gasteiger partial charge in [-0.05, 0) is 39.0 Å². The van der Waals surface area contributed by atoms with E-state index in [-0.39, 0.29) is 12.1 Å². The number of ether oxygens (including phenoxy) is 1. The molecule has 0 aliphatic carbocycles. The van der Waals surface area contributed by atoms with Crippen molar-refractivity contribution in [2.45, 2.75) is 39.0 Å². The molecule has 2 rings (SSSR count). The van der Waals surface area contributed by atoms with E-state index in [9.17, 15) is 5.11 Å². The topological polar surface area (TPSA) is 59.3 Å². The van der Waals surface area contributed by atoms with Gasteiger partial charge in [0.25, 0.3) is 0 Å². The Morgan fingerprint density at radius 3 is 2.77 bits per heavy atom. The second kappa shape index (κ2) is 7.42. The number of aliphatic hydroxyl groups excluding tert-OH is 1. The van der Waals surface area contributed by atoms with Gasteiger partial charge in [0, 0.05) is 30.5 Å². The van der Waals surface area contributed by atoms with Crippen LogP contribution in [0.25, 0.3) is 0 Å². The smallest absolute Gasteiger partial charge is 0.124 e. The molecule has 0 aliphatic rings. The zero-order valence-electron chi connectivity index (χ0n) is 13.7. The summed E-state index contributed by atoms with van der Waals surface area (Å²) in [5.74, 6) is 0.715. The number of aryl methyl sites for hydroxylation is 1. The van der Waals surface area contributed by atoms with Crippen LogP contribution in [0.3, 0.4) is 0 Å². The summed E-state index contributed by atoms with van der Waals surface area (Å²) >= 11 is 0. The van der Waals surface area contributed by atoms with Crippen molar-refractivity contribution in [1.29, 1.82) is 0 Å². The standard InChI is InChI=1S/C17H25N3O2/c1-12-6-7-17(22-4)15(10-12)16(21)11-18-13(2)14(3)20-9-5-8-19-20/h5-10,13-14,16,18,21H,11H2,1-4H3/t13-,14-,16+/m0/s1. The van der Waals surface area contributed by atoms with Crippen LogP contribution < -0.4 is 10.1 Å². The second-order valence-corrected chi connectivity index (χ2v) is 5.68. The van der Waals surface area contributed by atoms with Crippen LogP contribution in [0.1, 0.15) is 37.1 Å². The van der Waals surface area contributed by atoms with Crippen LogP contribution in [0.5, 0.6) is 5.75 Å². The highest BCUT2D eigenvalue weighted by Gasteiger charge is 2.18. The second-order valence-electron chi connectivity index (χ2n) is 5.68. The average Bonchev–Trinajstić information content (AvgIpc) is 3.05. The Kier molecular flexibility index (Phi) is 5.57. The summed E-state index contributed by atoms with van der Waals surface area (Å²) in [6, 6.07) is 8.14. The fourth-order valence-electron chi connectivity index (χ4n) is 2.44. The normalized spacial score (nSPS) is 15.3. The van der Waals surface area contributed by atoms with Gasteiger partial charge in [-0.3, -0.25) is 4.68 Å². The summed E-state index contributed by atoms with van der Waals surface area (Å²) in [6.07, 6.45) is 3.11. The first-order valence-electron chi connectivity index (χ1n) is 7.58. The van der Waals surface area contributed by atoms with Gasteiger partial charge in [-0.15, -0.1) is 0 Å². The molecule has 0 unspecified atom stereocenters. The molecule has 1 heterocycles. The minimum absolute atomic E-state index is 0.186. The molecule has 1 aromatic heterocycles. The van der Waals surface area contributed by atoms with Crippen molar-refractivity contribution >= 4 is 0 Å². The van der Waals surface area contributed by atoms with E-state index in [4.69, 9.17) is 4.74 Å². The monoisotopic (exact) mass is 303 g/mol. The molecular formula is C17H25N3O2. The lowest BCUT2D eigenvalue weighted by Gasteiger charge is -2.24. The molecule has 0 saturated heterocycles. The molecule has 0 fully saturated rings. The number of rotatable bonds is 7. The quantitative estimate of drug-likeness (QED) is 0.825. The number of nitrogens with one attached hydrogen (secondary N) is 1. The largest absolute Gasteiger partial charge is 0.496 e. The van der Waals surface area contributed by atoms with E-state index in [1.165, 1.54) is 0 Å². The number of nitrogens with zero attached hydrogens (tertiary/aromatic N) is 2. The molecule has 5 nitrogen and oxygen atoms in total. The fourth-order valence-corrected chi connectivity index (χ4v) is 2.44. The molecule has 3 atom stereocenters. The number of hydrogen-bond acceptors (Lipinski definition) is 4. The van der Waals surface area contributed by atoms with Gasteiger partial charge in [0.1, 0.15) is 5.75 Å². The van der Waals surface area contributed by atoms with Crippen molar-refractivity contribution in [3.05, 3.63) is 47.8 Å². The minimum atomic E-state index is -0.609. The third-order valence-corrected chi connectivity index (χ3v) is 4.04. The van der Waals surface area contributed by atoms with Gasteiger partial charge in [0.15, 0.2) is 0 Å². The first-order valence-corrected chi connectivity index (χ1v) is 7.58. The third-order valence-electron chi connectivity index (χ3n) is 4.04. The molecule has 0 amide bonds. The van der Waals surface area contributed by atoms with Crippen molar-refractivity contribution in [3.8, 4) is 5.75 Å². The average molecular weight is 303 g/mol. The SMILES string of the molecule is COc1ccc(C)cc1[C@H](O)CN[C@@H](C)[C@H](C)n1cccn1. The van der Waals surface area contributed by atoms with E-state index in [0.717, 1.165) is 11.1 Å². The van der Waals surface area contributed by atoms with Crippen molar-refractivity contribution in [2.75, 3.05) is 13.7 Å². The van der Waals surface area contributed by atoms with Crippen molar-refractivity contribution in [1.82, 2.24) is 15.1 Å². The maximum atomic E-state index is 10.5. The predicted molar refractivity (Wildman–Crippen MR) is 87.1 cm³/mol. The molecule has 2 N–H and O–H groups in total. The van der Waals surface area contributed by atoms with Gasteiger partial charge in [0.2, 0.25) is 0 Å². The highest BCUT2D eigenvalue weighted by molar-refractivity contribution is 5.38. The molecule has 22 heavy (non-hydrogen) atoms. The third kappa shape index (κ3) is 3.87. The van der Waals surface area contributed by atoms with E-state index >= 15 is 0 Å². The Morgan fingerprint density at radius 2 is 2.14 bits per heavy atom. The Bertz CT molecular complexity index is 584. The Hall–Kier alpha value is -1.85. The summed E-state index contributed by atoms with van der Waals surface area (Å²) in [6.45, 7) is 6.66. The number of aliphatic hydroxyl groups is 1. The fraction of sp³-hybridized carbons (Fsp3) is 0.471. The van der Waals surface area contributed by atoms with Crippen LogP contribution in [0.4, 0.5) is 0 Å². The summed E-state index contributed by atoms with van der Waals surface area (Å²) < 4.78 is 7.25. The molecule has 0 aliphatic heterocycles. The highest BCUT2D eigenvalue weighted by Crippen LogP contribution is 2.26. The molecule has 0 radical (unpaired) electrons. The number of benzene rings is 1. The summed E-state index contributed by atoms with van der Waals surface area (Å²) in [5.41, 5.74) is 1.92. The highest BCUT2D eigenvalue weighted by atomic mass is 16.5. The molecular weight excluding hydrogens is 278 g/mol. The van der Waals surface area contributed by atoms with Gasteiger partial charge >= 0.3 is 0 Å². The Labute approximate surface area is 131 Å². The first-order chi connectivity index (χ1) is 10.5. The van der Waals surface area contributed by atoms with Crippen LogP contribution in [-0.2, 0) is 0 Å². The van der Waals surface area contributed by atoms with Crippen LogP contribution >= 0.6 is 0 Å². The lowest BCUT2D eigenvalue weighted by Crippen LogP contribution is -2.36. The zero-order chi connectivity index (χ0) is 16.1. The molecule has 5 heteroatoms. The number of aromatic nitrogens is 2. The maximum absolute atomic E-state index is 10.5. The molecule has 2 aromatic rings. The van der Waals surface area contributed by atoms with E-state index < -0.39 is 6.10 Å². The summed E-state index contributed by atoms with van der Waals surface area (Å²) in [7, 11) is 1.62. The van der Waals surface area contributed by atoms with Crippen LogP contribution in [-0.4, -0.2) is 34.6 Å². The minimum Gasteiger partial charge on any atom is -0.496 e. The predicted octanol–water partition coefficient (Wildman–Crippen LogP) is 2.47. The molecule has 0 spiro atoms. The van der Waals surface area contributed by atoms with Crippen LogP contribution in [0.2, 0.25) is 0 Å². The van der Waals surface area contributed by atoms with Crippen molar-refractivity contribution < 1.29 is 9.84 Å². The van der Waals surface area contributed by atoms with E-state index in [1.54, 1.807) is 13.3 Å². The lowest BCUT2D eigenvalue weighted by atomic mass is 10.0. The van der Waals surface area contributed by atoms with Gasteiger partial charge < -0.3 is 15.2 Å². The Balaban J connectivity index is 1.97. The maximum Gasteiger partial charge on any atom is 0.124 e. The van der Waals surface area contributed by atoms with Crippen molar-refractivity contribution in [3.63, 3.8) is 0 Å². The number of hydrogen-bond donors (Lipinski definition) is 2. The van der Waals surface area contributed by atoms with E-state index in [1.807, 2.05) is 42.1 Å². The molecule has 1 aromatic carbocycles.